The third-order valence-electron chi connectivity index (χ3n) is 1.93. The lowest BCUT2D eigenvalue weighted by molar-refractivity contribution is 0.119. The van der Waals surface area contributed by atoms with E-state index in [1.807, 2.05) is 0 Å². The zero-order valence-electron chi connectivity index (χ0n) is 8.58. The maximum absolute atomic E-state index is 13.1. The summed E-state index contributed by atoms with van der Waals surface area (Å²) in [5, 5.41) is 11.5. The van der Waals surface area contributed by atoms with Crippen molar-refractivity contribution >= 4 is 0 Å². The molecular weight excluding hydrogens is 197 g/mol. The van der Waals surface area contributed by atoms with Crippen LogP contribution in [0, 0.1) is 5.82 Å². The van der Waals surface area contributed by atoms with Gasteiger partial charge in [-0.25, -0.2) is 4.39 Å². The van der Waals surface area contributed by atoms with E-state index >= 15 is 0 Å². The summed E-state index contributed by atoms with van der Waals surface area (Å²) in [4.78, 5) is 0. The van der Waals surface area contributed by atoms with Gasteiger partial charge >= 0.3 is 0 Å². The molecule has 4 heteroatoms. The lowest BCUT2D eigenvalue weighted by Crippen LogP contribution is -2.22. The quantitative estimate of drug-likeness (QED) is 0.662. The highest BCUT2D eigenvalue weighted by Crippen LogP contribution is 2.06. The first-order chi connectivity index (χ1) is 7.34. The molecule has 1 aromatic carbocycles. The minimum absolute atomic E-state index is 0.118. The summed E-state index contributed by atoms with van der Waals surface area (Å²) in [6.07, 6.45) is 0. The average Bonchev–Trinajstić information content (AvgIpc) is 2.25. The highest BCUT2D eigenvalue weighted by Gasteiger charge is 1.99. The Morgan fingerprint density at radius 2 is 2.07 bits per heavy atom. The van der Waals surface area contributed by atoms with Crippen LogP contribution >= 0.6 is 0 Å². The smallest absolute Gasteiger partial charge is 0.128 e. The highest BCUT2D eigenvalue weighted by atomic mass is 19.1. The van der Waals surface area contributed by atoms with Crippen LogP contribution in [0.3, 0.4) is 0 Å². The van der Waals surface area contributed by atoms with Gasteiger partial charge < -0.3 is 15.2 Å². The van der Waals surface area contributed by atoms with Gasteiger partial charge in [-0.15, -0.1) is 0 Å². The molecular formula is C11H16FNO2. The van der Waals surface area contributed by atoms with E-state index in [-0.39, 0.29) is 19.0 Å². The predicted octanol–water partition coefficient (Wildman–Crippen LogP) is 0.924. The molecule has 1 rings (SSSR count). The van der Waals surface area contributed by atoms with E-state index in [2.05, 4.69) is 5.32 Å². The van der Waals surface area contributed by atoms with Crippen LogP contribution in [-0.2, 0) is 11.3 Å². The molecule has 0 saturated carbocycles. The summed E-state index contributed by atoms with van der Waals surface area (Å²) in [7, 11) is 0. The first kappa shape index (κ1) is 12.1. The molecule has 0 fully saturated rings. The van der Waals surface area contributed by atoms with Crippen molar-refractivity contribution in [2.24, 2.45) is 0 Å². The lowest BCUT2D eigenvalue weighted by atomic mass is 10.2. The summed E-state index contributed by atoms with van der Waals surface area (Å²) in [6.45, 7) is 2.13. The molecule has 0 atom stereocenters. The zero-order valence-corrected chi connectivity index (χ0v) is 8.58. The van der Waals surface area contributed by atoms with Crippen LogP contribution in [0.2, 0.25) is 0 Å². The van der Waals surface area contributed by atoms with E-state index in [1.165, 1.54) is 6.07 Å². The maximum atomic E-state index is 13.1. The second kappa shape index (κ2) is 7.34. The van der Waals surface area contributed by atoms with Crippen molar-refractivity contribution < 1.29 is 14.2 Å². The van der Waals surface area contributed by atoms with Crippen molar-refractivity contribution in [1.82, 2.24) is 5.32 Å². The van der Waals surface area contributed by atoms with Gasteiger partial charge in [0.1, 0.15) is 5.82 Å². The molecule has 0 aromatic heterocycles. The van der Waals surface area contributed by atoms with Crippen molar-refractivity contribution in [3.05, 3.63) is 35.6 Å². The van der Waals surface area contributed by atoms with Crippen LogP contribution in [-0.4, -0.2) is 31.4 Å². The third-order valence-corrected chi connectivity index (χ3v) is 1.93. The molecule has 2 N–H and O–H groups in total. The molecule has 0 unspecified atom stereocenters. The molecule has 0 bridgehead atoms. The minimum atomic E-state index is -0.235. The molecule has 0 radical (unpaired) electrons. The Bertz CT molecular complexity index is 281. The van der Waals surface area contributed by atoms with Gasteiger partial charge in [-0.2, -0.15) is 0 Å². The average molecular weight is 213 g/mol. The van der Waals surface area contributed by atoms with Gasteiger partial charge in [0, 0.05) is 18.7 Å². The number of aliphatic hydroxyl groups is 1. The van der Waals surface area contributed by atoms with Gasteiger partial charge in [0.25, 0.3) is 0 Å². The predicted molar refractivity (Wildman–Crippen MR) is 56.0 cm³/mol. The number of hydrogen-bond acceptors (Lipinski definition) is 3. The van der Waals surface area contributed by atoms with Crippen molar-refractivity contribution in [2.45, 2.75) is 6.61 Å². The van der Waals surface area contributed by atoms with Crippen LogP contribution in [0.15, 0.2) is 24.3 Å². The number of halogens is 1. The molecule has 0 saturated heterocycles. The van der Waals surface area contributed by atoms with Gasteiger partial charge in [0.05, 0.1) is 19.8 Å². The highest BCUT2D eigenvalue weighted by molar-refractivity contribution is 5.16. The Kier molecular flexibility index (Phi) is 5.92. The lowest BCUT2D eigenvalue weighted by Gasteiger charge is -2.05. The van der Waals surface area contributed by atoms with Gasteiger partial charge in [-0.1, -0.05) is 18.2 Å². The molecule has 0 aliphatic heterocycles. The monoisotopic (exact) mass is 213 g/mol. The van der Waals surface area contributed by atoms with E-state index in [1.54, 1.807) is 18.2 Å². The van der Waals surface area contributed by atoms with Gasteiger partial charge in [-0.3, -0.25) is 0 Å². The van der Waals surface area contributed by atoms with Crippen LogP contribution in [0.25, 0.3) is 0 Å². The standard InChI is InChI=1S/C11H16FNO2/c12-11-4-2-1-3-10(11)9-15-8-6-13-5-7-14/h1-4,13-14H,5-9H2. The number of aliphatic hydroxyl groups excluding tert-OH is 1. The number of nitrogens with one attached hydrogen (secondary N) is 1. The first-order valence-electron chi connectivity index (χ1n) is 4.97. The summed E-state index contributed by atoms with van der Waals surface area (Å²) in [6, 6.07) is 6.56. The van der Waals surface area contributed by atoms with E-state index in [9.17, 15) is 4.39 Å². The van der Waals surface area contributed by atoms with E-state index in [4.69, 9.17) is 9.84 Å². The summed E-state index contributed by atoms with van der Waals surface area (Å²) in [5.74, 6) is -0.235. The van der Waals surface area contributed by atoms with Crippen molar-refractivity contribution in [1.29, 1.82) is 0 Å². The molecule has 3 nitrogen and oxygen atoms in total. The first-order valence-corrected chi connectivity index (χ1v) is 4.97. The molecule has 15 heavy (non-hydrogen) atoms. The normalized spacial score (nSPS) is 10.5. The van der Waals surface area contributed by atoms with Crippen LogP contribution in [0.5, 0.6) is 0 Å². The van der Waals surface area contributed by atoms with E-state index < -0.39 is 0 Å². The van der Waals surface area contributed by atoms with Crippen molar-refractivity contribution in [3.8, 4) is 0 Å². The van der Waals surface area contributed by atoms with Crippen LogP contribution < -0.4 is 5.32 Å². The van der Waals surface area contributed by atoms with Gasteiger partial charge in [0.15, 0.2) is 0 Å². The summed E-state index contributed by atoms with van der Waals surface area (Å²) >= 11 is 0. The number of ether oxygens (including phenoxy) is 1. The van der Waals surface area contributed by atoms with Crippen LogP contribution in [0.1, 0.15) is 5.56 Å². The minimum Gasteiger partial charge on any atom is -0.395 e. The Hall–Kier alpha value is -0.970. The molecule has 0 amide bonds. The summed E-state index contributed by atoms with van der Waals surface area (Å²) in [5.41, 5.74) is 0.569. The fourth-order valence-corrected chi connectivity index (χ4v) is 1.15. The molecule has 1 aromatic rings. The molecule has 84 valence electrons. The van der Waals surface area contributed by atoms with Gasteiger partial charge in [0.2, 0.25) is 0 Å². The largest absolute Gasteiger partial charge is 0.395 e. The Morgan fingerprint density at radius 3 is 2.80 bits per heavy atom. The molecule has 0 aliphatic rings. The van der Waals surface area contributed by atoms with Gasteiger partial charge in [-0.05, 0) is 6.07 Å². The third kappa shape index (κ3) is 4.88. The molecule has 0 spiro atoms. The SMILES string of the molecule is OCCNCCOCc1ccccc1F. The Labute approximate surface area is 88.9 Å². The topological polar surface area (TPSA) is 41.5 Å². The fraction of sp³-hybridized carbons (Fsp3) is 0.455. The number of benzene rings is 1. The van der Waals surface area contributed by atoms with E-state index in [0.29, 0.717) is 25.3 Å². The van der Waals surface area contributed by atoms with Crippen molar-refractivity contribution in [2.75, 3.05) is 26.3 Å². The van der Waals surface area contributed by atoms with Crippen molar-refractivity contribution in [3.63, 3.8) is 0 Å². The van der Waals surface area contributed by atoms with E-state index in [0.717, 1.165) is 0 Å². The number of hydrogen-bond donors (Lipinski definition) is 2. The second-order valence-electron chi connectivity index (χ2n) is 3.12. The maximum Gasteiger partial charge on any atom is 0.128 e. The molecule has 0 heterocycles. The summed E-state index contributed by atoms with van der Waals surface area (Å²) < 4.78 is 18.4. The Balaban J connectivity index is 2.12. The molecule has 0 aliphatic carbocycles. The number of rotatable bonds is 7. The second-order valence-corrected chi connectivity index (χ2v) is 3.12. The Morgan fingerprint density at radius 1 is 1.27 bits per heavy atom. The fourth-order valence-electron chi connectivity index (χ4n) is 1.15. The zero-order chi connectivity index (χ0) is 10.9. The van der Waals surface area contributed by atoms with Crippen LogP contribution in [0.4, 0.5) is 4.39 Å².